The molecule has 0 spiro atoms. The second kappa shape index (κ2) is 8.92. The lowest BCUT2D eigenvalue weighted by Gasteiger charge is -2.37. The molecule has 0 aliphatic carbocycles. The normalized spacial score (nSPS) is 22.0. The number of nitrogens with two attached hydrogens (primary N) is 1. The van der Waals surface area contributed by atoms with Crippen molar-refractivity contribution < 1.29 is 0 Å². The van der Waals surface area contributed by atoms with Gasteiger partial charge in [0.1, 0.15) is 0 Å². The Bertz CT molecular complexity index is 195. The summed E-state index contributed by atoms with van der Waals surface area (Å²) in [5.74, 6) is 0.762. The van der Waals surface area contributed by atoms with Gasteiger partial charge in [-0.2, -0.15) is 0 Å². The Morgan fingerprint density at radius 3 is 2.22 bits per heavy atom. The lowest BCUT2D eigenvalue weighted by Crippen LogP contribution is -2.43. The number of hydrogen-bond donors (Lipinski definition) is 1. The van der Waals surface area contributed by atoms with Gasteiger partial charge >= 0.3 is 0 Å². The van der Waals surface area contributed by atoms with Gasteiger partial charge in [0.05, 0.1) is 0 Å². The van der Waals surface area contributed by atoms with Crippen LogP contribution in [0.3, 0.4) is 0 Å². The molecule has 2 N–H and O–H groups in total. The summed E-state index contributed by atoms with van der Waals surface area (Å²) in [6.07, 6.45) is 11.0. The predicted octanol–water partition coefficient (Wildman–Crippen LogP) is 3.79. The summed E-state index contributed by atoms with van der Waals surface area (Å²) in [6.45, 7) is 9.39. The first-order valence-electron chi connectivity index (χ1n) is 8.14. The number of rotatable bonds is 8. The molecule has 2 atom stereocenters. The van der Waals surface area contributed by atoms with Gasteiger partial charge in [-0.1, -0.05) is 39.0 Å². The van der Waals surface area contributed by atoms with Crippen LogP contribution in [0, 0.1) is 5.92 Å². The van der Waals surface area contributed by atoms with E-state index in [-0.39, 0.29) is 0 Å². The fourth-order valence-corrected chi connectivity index (χ4v) is 3.11. The summed E-state index contributed by atoms with van der Waals surface area (Å²) in [7, 11) is 0. The van der Waals surface area contributed by atoms with Gasteiger partial charge < -0.3 is 10.6 Å². The lowest BCUT2D eigenvalue weighted by molar-refractivity contribution is 0.126. The zero-order valence-corrected chi connectivity index (χ0v) is 12.8. The minimum atomic E-state index is 0.386. The van der Waals surface area contributed by atoms with E-state index in [0.29, 0.717) is 6.04 Å². The van der Waals surface area contributed by atoms with Gasteiger partial charge in [-0.05, 0) is 52.1 Å². The van der Waals surface area contributed by atoms with E-state index in [9.17, 15) is 0 Å². The van der Waals surface area contributed by atoms with Gasteiger partial charge in [-0.25, -0.2) is 0 Å². The van der Waals surface area contributed by atoms with Crippen molar-refractivity contribution in [1.82, 2.24) is 4.90 Å². The zero-order chi connectivity index (χ0) is 13.4. The van der Waals surface area contributed by atoms with Crippen molar-refractivity contribution in [2.45, 2.75) is 84.2 Å². The van der Waals surface area contributed by atoms with Crippen LogP contribution >= 0.6 is 0 Å². The minimum Gasteiger partial charge on any atom is -0.328 e. The van der Waals surface area contributed by atoms with Crippen LogP contribution in [0.5, 0.6) is 0 Å². The molecule has 108 valence electrons. The first-order chi connectivity index (χ1) is 8.65. The lowest BCUT2D eigenvalue weighted by atomic mass is 9.90. The third kappa shape index (κ3) is 5.71. The molecule has 1 aliphatic rings. The van der Waals surface area contributed by atoms with E-state index in [1.54, 1.807) is 0 Å². The molecule has 0 aromatic carbocycles. The minimum absolute atomic E-state index is 0.386. The summed E-state index contributed by atoms with van der Waals surface area (Å²) in [5.41, 5.74) is 6.00. The van der Waals surface area contributed by atoms with Crippen molar-refractivity contribution in [3.05, 3.63) is 0 Å². The molecular weight excluding hydrogens is 220 g/mol. The van der Waals surface area contributed by atoms with Gasteiger partial charge in [0.15, 0.2) is 0 Å². The molecule has 0 amide bonds. The summed E-state index contributed by atoms with van der Waals surface area (Å²) in [5, 5.41) is 0. The molecule has 1 saturated heterocycles. The highest BCUT2D eigenvalue weighted by atomic mass is 15.2. The van der Waals surface area contributed by atoms with Crippen LogP contribution in [-0.4, -0.2) is 30.1 Å². The molecule has 0 aromatic rings. The Morgan fingerprint density at radius 2 is 1.67 bits per heavy atom. The molecule has 2 heteroatoms. The van der Waals surface area contributed by atoms with Crippen molar-refractivity contribution >= 4 is 0 Å². The van der Waals surface area contributed by atoms with Crippen LogP contribution in [0.1, 0.15) is 72.1 Å². The Kier molecular flexibility index (Phi) is 7.92. The van der Waals surface area contributed by atoms with E-state index in [0.717, 1.165) is 12.0 Å². The maximum atomic E-state index is 6.00. The summed E-state index contributed by atoms with van der Waals surface area (Å²) >= 11 is 0. The average molecular weight is 254 g/mol. The largest absolute Gasteiger partial charge is 0.328 e. The molecule has 0 saturated carbocycles. The number of likely N-dealkylation sites (tertiary alicyclic amines) is 1. The van der Waals surface area contributed by atoms with E-state index in [1.165, 1.54) is 64.5 Å². The Labute approximate surface area is 114 Å². The maximum Gasteiger partial charge on any atom is 0.00669 e. The Hall–Kier alpha value is -0.0800. The summed E-state index contributed by atoms with van der Waals surface area (Å²) < 4.78 is 0. The first kappa shape index (κ1) is 16.0. The topological polar surface area (TPSA) is 29.3 Å². The first-order valence-corrected chi connectivity index (χ1v) is 8.14. The smallest absolute Gasteiger partial charge is 0.00669 e. The quantitative estimate of drug-likeness (QED) is 0.668. The van der Waals surface area contributed by atoms with E-state index >= 15 is 0 Å². The van der Waals surface area contributed by atoms with E-state index in [4.69, 9.17) is 5.73 Å². The van der Waals surface area contributed by atoms with Gasteiger partial charge in [0.2, 0.25) is 0 Å². The highest BCUT2D eigenvalue weighted by Crippen LogP contribution is 2.22. The second-order valence-electron chi connectivity index (χ2n) is 6.28. The van der Waals surface area contributed by atoms with Gasteiger partial charge in [0.25, 0.3) is 0 Å². The van der Waals surface area contributed by atoms with Crippen molar-refractivity contribution in [2.75, 3.05) is 13.1 Å². The summed E-state index contributed by atoms with van der Waals surface area (Å²) in [6, 6.07) is 1.16. The molecule has 0 bridgehead atoms. The summed E-state index contributed by atoms with van der Waals surface area (Å²) in [4.78, 5) is 2.68. The highest BCUT2D eigenvalue weighted by Gasteiger charge is 2.24. The van der Waals surface area contributed by atoms with Crippen LogP contribution in [0.2, 0.25) is 0 Å². The van der Waals surface area contributed by atoms with Crippen LogP contribution < -0.4 is 5.73 Å². The fourth-order valence-electron chi connectivity index (χ4n) is 3.11. The third-order valence-electron chi connectivity index (χ3n) is 4.67. The van der Waals surface area contributed by atoms with Gasteiger partial charge in [0, 0.05) is 12.1 Å². The number of piperidine rings is 1. The van der Waals surface area contributed by atoms with Crippen LogP contribution in [0.4, 0.5) is 0 Å². The second-order valence-corrected chi connectivity index (χ2v) is 6.28. The standard InChI is InChI=1S/C16H34N2/c1-4-5-6-7-8-9-14(2)18-12-10-16(11-13-18)15(3)17/h14-16H,4-13,17H2,1-3H3. The van der Waals surface area contributed by atoms with E-state index in [1.807, 2.05) is 0 Å². The van der Waals surface area contributed by atoms with Crippen molar-refractivity contribution in [3.8, 4) is 0 Å². The van der Waals surface area contributed by atoms with E-state index < -0.39 is 0 Å². The Morgan fingerprint density at radius 1 is 1.06 bits per heavy atom. The monoisotopic (exact) mass is 254 g/mol. The van der Waals surface area contributed by atoms with Crippen molar-refractivity contribution in [3.63, 3.8) is 0 Å². The Balaban J connectivity index is 2.10. The third-order valence-corrected chi connectivity index (χ3v) is 4.67. The van der Waals surface area contributed by atoms with Crippen LogP contribution in [-0.2, 0) is 0 Å². The highest BCUT2D eigenvalue weighted by molar-refractivity contribution is 4.80. The van der Waals surface area contributed by atoms with E-state index in [2.05, 4.69) is 25.7 Å². The molecule has 0 radical (unpaired) electrons. The number of unbranched alkanes of at least 4 members (excludes halogenated alkanes) is 4. The molecule has 18 heavy (non-hydrogen) atoms. The average Bonchev–Trinajstić information content (AvgIpc) is 2.38. The molecule has 2 unspecified atom stereocenters. The molecule has 1 fully saturated rings. The van der Waals surface area contributed by atoms with Gasteiger partial charge in [-0.15, -0.1) is 0 Å². The predicted molar refractivity (Wildman–Crippen MR) is 80.8 cm³/mol. The molecule has 1 heterocycles. The van der Waals surface area contributed by atoms with Crippen LogP contribution in [0.25, 0.3) is 0 Å². The molecule has 2 nitrogen and oxygen atoms in total. The number of hydrogen-bond acceptors (Lipinski definition) is 2. The molecule has 0 aromatic heterocycles. The SMILES string of the molecule is CCCCCCCC(C)N1CCC(C(C)N)CC1. The maximum absolute atomic E-state index is 6.00. The number of nitrogens with zero attached hydrogens (tertiary/aromatic N) is 1. The fraction of sp³-hybridized carbons (Fsp3) is 1.00. The molecule has 1 aliphatic heterocycles. The molecule has 1 rings (SSSR count). The molecular formula is C16H34N2. The van der Waals surface area contributed by atoms with Crippen LogP contribution in [0.15, 0.2) is 0 Å². The van der Waals surface area contributed by atoms with Crippen molar-refractivity contribution in [2.24, 2.45) is 11.7 Å². The van der Waals surface area contributed by atoms with Crippen molar-refractivity contribution in [1.29, 1.82) is 0 Å². The van der Waals surface area contributed by atoms with Gasteiger partial charge in [-0.3, -0.25) is 0 Å². The zero-order valence-electron chi connectivity index (χ0n) is 12.8.